The maximum Gasteiger partial charge on any atom is 0.276 e. The largest absolute Gasteiger partial charge is 0.336 e. The Balaban J connectivity index is 1.72. The minimum absolute atomic E-state index is 0.162. The second-order valence-corrected chi connectivity index (χ2v) is 6.69. The molecule has 2 heterocycles. The van der Waals surface area contributed by atoms with Gasteiger partial charge in [-0.2, -0.15) is 11.8 Å². The van der Waals surface area contributed by atoms with Crippen LogP contribution in [0.25, 0.3) is 0 Å². The number of benzene rings is 1. The SMILES string of the molecule is Cn1cc(C(=O)N2CCS[C@@H](c3cc(F)ccc3F)CC2)nn1. The number of hydrogen-bond donors (Lipinski definition) is 0. The second kappa shape index (κ2) is 6.66. The van der Waals surface area contributed by atoms with Crippen LogP contribution < -0.4 is 0 Å². The number of carbonyl (C=O) groups excluding carboxylic acids is 1. The highest BCUT2D eigenvalue weighted by atomic mass is 32.2. The van der Waals surface area contributed by atoms with Gasteiger partial charge in [-0.05, 0) is 24.6 Å². The Morgan fingerprint density at radius 3 is 2.91 bits per heavy atom. The molecule has 1 aromatic heterocycles. The number of halogens is 2. The Hall–Kier alpha value is -1.96. The summed E-state index contributed by atoms with van der Waals surface area (Å²) in [7, 11) is 1.70. The summed E-state index contributed by atoms with van der Waals surface area (Å²) in [6.07, 6.45) is 2.14. The molecule has 122 valence electrons. The number of nitrogens with zero attached hydrogens (tertiary/aromatic N) is 4. The molecule has 3 rings (SSSR count). The molecule has 1 amide bonds. The van der Waals surface area contributed by atoms with Gasteiger partial charge in [-0.15, -0.1) is 5.10 Å². The van der Waals surface area contributed by atoms with Crippen molar-refractivity contribution >= 4 is 17.7 Å². The average molecular weight is 338 g/mol. The molecular weight excluding hydrogens is 322 g/mol. The van der Waals surface area contributed by atoms with Crippen LogP contribution in [0.4, 0.5) is 8.78 Å². The van der Waals surface area contributed by atoms with Crippen LogP contribution in [-0.2, 0) is 7.05 Å². The van der Waals surface area contributed by atoms with Crippen molar-refractivity contribution < 1.29 is 13.6 Å². The summed E-state index contributed by atoms with van der Waals surface area (Å²) >= 11 is 1.54. The van der Waals surface area contributed by atoms with E-state index in [-0.39, 0.29) is 11.2 Å². The molecule has 8 heteroatoms. The van der Waals surface area contributed by atoms with Crippen LogP contribution >= 0.6 is 11.8 Å². The number of thioether (sulfide) groups is 1. The topological polar surface area (TPSA) is 51.0 Å². The molecule has 1 aromatic carbocycles. The van der Waals surface area contributed by atoms with Gasteiger partial charge in [-0.3, -0.25) is 9.48 Å². The van der Waals surface area contributed by atoms with E-state index in [4.69, 9.17) is 0 Å². The molecule has 1 atom stereocenters. The first-order chi connectivity index (χ1) is 11.0. The molecule has 0 unspecified atom stereocenters. The number of aryl methyl sites for hydroxylation is 1. The first-order valence-corrected chi connectivity index (χ1v) is 8.31. The Kier molecular flexibility index (Phi) is 4.61. The van der Waals surface area contributed by atoms with Crippen molar-refractivity contribution in [2.75, 3.05) is 18.8 Å². The molecular formula is C15H16F2N4OS. The van der Waals surface area contributed by atoms with E-state index in [0.29, 0.717) is 36.5 Å². The van der Waals surface area contributed by atoms with Crippen molar-refractivity contribution in [2.24, 2.45) is 7.05 Å². The van der Waals surface area contributed by atoms with Crippen LogP contribution in [0.3, 0.4) is 0 Å². The summed E-state index contributed by atoms with van der Waals surface area (Å²) in [4.78, 5) is 14.1. The van der Waals surface area contributed by atoms with Crippen LogP contribution in [0.15, 0.2) is 24.4 Å². The second-order valence-electron chi connectivity index (χ2n) is 5.38. The molecule has 1 saturated heterocycles. The molecule has 0 bridgehead atoms. The van der Waals surface area contributed by atoms with Crippen LogP contribution in [0.1, 0.15) is 27.7 Å². The predicted octanol–water partition coefficient (Wildman–Crippen LogP) is 2.41. The molecule has 1 aliphatic rings. The molecule has 1 fully saturated rings. The number of hydrogen-bond acceptors (Lipinski definition) is 4. The van der Waals surface area contributed by atoms with Crippen molar-refractivity contribution in [1.82, 2.24) is 19.9 Å². The van der Waals surface area contributed by atoms with Gasteiger partial charge in [0.1, 0.15) is 11.6 Å². The lowest BCUT2D eigenvalue weighted by molar-refractivity contribution is 0.0760. The zero-order valence-corrected chi connectivity index (χ0v) is 13.4. The van der Waals surface area contributed by atoms with Gasteiger partial charge in [0.05, 0.1) is 6.20 Å². The van der Waals surface area contributed by atoms with Crippen molar-refractivity contribution in [3.8, 4) is 0 Å². The fourth-order valence-electron chi connectivity index (χ4n) is 2.59. The smallest absolute Gasteiger partial charge is 0.276 e. The van der Waals surface area contributed by atoms with Crippen molar-refractivity contribution in [3.05, 3.63) is 47.3 Å². The molecule has 1 aliphatic heterocycles. The van der Waals surface area contributed by atoms with E-state index >= 15 is 0 Å². The van der Waals surface area contributed by atoms with E-state index in [1.165, 1.54) is 22.5 Å². The number of carbonyl (C=O) groups is 1. The van der Waals surface area contributed by atoms with E-state index in [1.54, 1.807) is 18.1 Å². The number of rotatable bonds is 2. The van der Waals surface area contributed by atoms with E-state index in [1.807, 2.05) is 0 Å². The Bertz CT molecular complexity index is 721. The van der Waals surface area contributed by atoms with Gasteiger partial charge in [0.15, 0.2) is 5.69 Å². The van der Waals surface area contributed by atoms with Crippen LogP contribution in [-0.4, -0.2) is 44.6 Å². The summed E-state index contributed by atoms with van der Waals surface area (Å²) in [5, 5.41) is 7.43. The Morgan fingerprint density at radius 1 is 1.35 bits per heavy atom. The Labute approximate surface area is 136 Å². The van der Waals surface area contributed by atoms with E-state index in [9.17, 15) is 13.6 Å². The molecule has 0 N–H and O–H groups in total. The maximum atomic E-state index is 13.9. The van der Waals surface area contributed by atoms with E-state index in [2.05, 4.69) is 10.3 Å². The number of aromatic nitrogens is 3. The van der Waals surface area contributed by atoms with Gasteiger partial charge in [-0.25, -0.2) is 8.78 Å². The lowest BCUT2D eigenvalue weighted by atomic mass is 10.1. The van der Waals surface area contributed by atoms with Gasteiger partial charge in [0.2, 0.25) is 0 Å². The van der Waals surface area contributed by atoms with Crippen molar-refractivity contribution in [2.45, 2.75) is 11.7 Å². The van der Waals surface area contributed by atoms with Gasteiger partial charge >= 0.3 is 0 Å². The summed E-state index contributed by atoms with van der Waals surface area (Å²) in [5.74, 6) is -0.373. The third-order valence-electron chi connectivity index (χ3n) is 3.76. The van der Waals surface area contributed by atoms with Gasteiger partial charge in [0.25, 0.3) is 5.91 Å². The summed E-state index contributed by atoms with van der Waals surface area (Å²) in [6.45, 7) is 1.02. The normalized spacial score (nSPS) is 18.7. The predicted molar refractivity (Wildman–Crippen MR) is 83.1 cm³/mol. The lowest BCUT2D eigenvalue weighted by Gasteiger charge is -2.19. The van der Waals surface area contributed by atoms with E-state index in [0.717, 1.165) is 12.1 Å². The zero-order chi connectivity index (χ0) is 16.4. The fourth-order valence-corrected chi connectivity index (χ4v) is 3.83. The van der Waals surface area contributed by atoms with Crippen LogP contribution in [0, 0.1) is 11.6 Å². The summed E-state index contributed by atoms with van der Waals surface area (Å²) in [5.41, 5.74) is 0.664. The summed E-state index contributed by atoms with van der Waals surface area (Å²) in [6, 6.07) is 3.51. The fraction of sp³-hybridized carbons (Fsp3) is 0.400. The summed E-state index contributed by atoms with van der Waals surface area (Å²) < 4.78 is 28.8. The average Bonchev–Trinajstić information content (AvgIpc) is 2.82. The van der Waals surface area contributed by atoms with Crippen LogP contribution in [0.2, 0.25) is 0 Å². The first-order valence-electron chi connectivity index (χ1n) is 7.27. The number of amides is 1. The monoisotopic (exact) mass is 338 g/mol. The zero-order valence-electron chi connectivity index (χ0n) is 12.6. The highest BCUT2D eigenvalue weighted by Crippen LogP contribution is 2.36. The minimum atomic E-state index is -0.446. The molecule has 23 heavy (non-hydrogen) atoms. The standard InChI is InChI=1S/C15H16F2N4OS/c1-20-9-13(18-19-20)15(22)21-5-4-14(23-7-6-21)11-8-10(16)2-3-12(11)17/h2-3,8-9,14H,4-7H2,1H3/t14-/m1/s1. The molecule has 2 aromatic rings. The first kappa shape index (κ1) is 15.9. The van der Waals surface area contributed by atoms with Gasteiger partial charge < -0.3 is 4.90 Å². The third-order valence-corrected chi connectivity index (χ3v) is 5.07. The highest BCUT2D eigenvalue weighted by Gasteiger charge is 2.26. The van der Waals surface area contributed by atoms with Crippen molar-refractivity contribution in [3.63, 3.8) is 0 Å². The Morgan fingerprint density at radius 2 is 2.17 bits per heavy atom. The minimum Gasteiger partial charge on any atom is -0.336 e. The molecule has 0 radical (unpaired) electrons. The van der Waals surface area contributed by atoms with Crippen LogP contribution in [0.5, 0.6) is 0 Å². The van der Waals surface area contributed by atoms with Crippen molar-refractivity contribution in [1.29, 1.82) is 0 Å². The van der Waals surface area contributed by atoms with Gasteiger partial charge in [0, 0.05) is 36.7 Å². The molecule has 0 saturated carbocycles. The highest BCUT2D eigenvalue weighted by molar-refractivity contribution is 7.99. The molecule has 0 aliphatic carbocycles. The molecule has 0 spiro atoms. The quantitative estimate of drug-likeness (QED) is 0.844. The molecule has 5 nitrogen and oxygen atoms in total. The van der Waals surface area contributed by atoms with Gasteiger partial charge in [-0.1, -0.05) is 5.21 Å². The lowest BCUT2D eigenvalue weighted by Crippen LogP contribution is -2.33. The third kappa shape index (κ3) is 3.52. The maximum absolute atomic E-state index is 13.9. The van der Waals surface area contributed by atoms with E-state index < -0.39 is 11.6 Å².